The molecule has 2 N–H and O–H groups in total. The van der Waals surface area contributed by atoms with Crippen molar-refractivity contribution in [2.24, 2.45) is 5.41 Å². The van der Waals surface area contributed by atoms with Crippen LogP contribution in [0, 0.1) is 5.41 Å². The molecule has 1 aromatic carbocycles. The van der Waals surface area contributed by atoms with Crippen molar-refractivity contribution in [3.8, 4) is 0 Å². The van der Waals surface area contributed by atoms with Gasteiger partial charge < -0.3 is 10.2 Å². The molecule has 3 heteroatoms. The Morgan fingerprint density at radius 2 is 1.56 bits per heavy atom. The second-order valence-corrected chi connectivity index (χ2v) is 4.70. The fraction of sp³-hybridized carbons (Fsp3) is 0.462. The molecule has 0 bridgehead atoms. The molecule has 0 aromatic heterocycles. The predicted octanol–water partition coefficient (Wildman–Crippen LogP) is 2.86. The fourth-order valence-electron chi connectivity index (χ4n) is 1.14. The van der Waals surface area contributed by atoms with Gasteiger partial charge in [-0.2, -0.15) is 0 Å². The van der Waals surface area contributed by atoms with E-state index in [1.54, 1.807) is 0 Å². The predicted molar refractivity (Wildman–Crippen MR) is 64.2 cm³/mol. The Bertz CT molecular complexity index is 308. The SMILES string of the molecule is CC(=O)O.CC(C)(C)C(O)c1ccccc1. The first-order chi connectivity index (χ1) is 7.25. The Morgan fingerprint density at radius 1 is 1.19 bits per heavy atom. The molecule has 1 atom stereocenters. The van der Waals surface area contributed by atoms with Gasteiger partial charge in [0.15, 0.2) is 0 Å². The van der Waals surface area contributed by atoms with E-state index in [1.165, 1.54) is 0 Å². The lowest BCUT2D eigenvalue weighted by Gasteiger charge is -2.25. The summed E-state index contributed by atoms with van der Waals surface area (Å²) in [6.07, 6.45) is -0.376. The van der Waals surface area contributed by atoms with Gasteiger partial charge in [0.25, 0.3) is 5.97 Å². The Morgan fingerprint density at radius 3 is 1.88 bits per heavy atom. The third-order valence-corrected chi connectivity index (χ3v) is 1.94. The number of aliphatic hydroxyl groups excluding tert-OH is 1. The molecule has 0 heterocycles. The zero-order valence-electron chi connectivity index (χ0n) is 10.3. The lowest BCUT2D eigenvalue weighted by Crippen LogP contribution is -2.17. The van der Waals surface area contributed by atoms with Gasteiger partial charge in [-0.25, -0.2) is 0 Å². The van der Waals surface area contributed by atoms with Crippen molar-refractivity contribution in [3.05, 3.63) is 35.9 Å². The summed E-state index contributed by atoms with van der Waals surface area (Å²) >= 11 is 0. The highest BCUT2D eigenvalue weighted by molar-refractivity contribution is 5.62. The van der Waals surface area contributed by atoms with Crippen LogP contribution in [0.15, 0.2) is 30.3 Å². The smallest absolute Gasteiger partial charge is 0.300 e. The van der Waals surface area contributed by atoms with Crippen LogP contribution in [0.5, 0.6) is 0 Å². The van der Waals surface area contributed by atoms with E-state index in [0.717, 1.165) is 12.5 Å². The van der Waals surface area contributed by atoms with Crippen LogP contribution in [0.2, 0.25) is 0 Å². The van der Waals surface area contributed by atoms with Crippen LogP contribution >= 0.6 is 0 Å². The van der Waals surface area contributed by atoms with Gasteiger partial charge in [0.2, 0.25) is 0 Å². The largest absolute Gasteiger partial charge is 0.481 e. The molecular formula is C13H20O3. The molecule has 1 unspecified atom stereocenters. The average Bonchev–Trinajstić information content (AvgIpc) is 2.16. The van der Waals surface area contributed by atoms with Gasteiger partial charge in [-0.1, -0.05) is 51.1 Å². The summed E-state index contributed by atoms with van der Waals surface area (Å²) in [4.78, 5) is 9.00. The van der Waals surface area contributed by atoms with Crippen LogP contribution in [0.4, 0.5) is 0 Å². The molecule has 0 aliphatic rings. The molecule has 0 aliphatic heterocycles. The summed E-state index contributed by atoms with van der Waals surface area (Å²) in [5.74, 6) is -0.833. The molecule has 0 amide bonds. The highest BCUT2D eigenvalue weighted by Crippen LogP contribution is 2.31. The zero-order chi connectivity index (χ0) is 12.8. The maximum absolute atomic E-state index is 9.86. The summed E-state index contributed by atoms with van der Waals surface area (Å²) in [5.41, 5.74) is 0.909. The molecule has 0 fully saturated rings. The second kappa shape index (κ2) is 6.28. The first-order valence-electron chi connectivity index (χ1n) is 5.17. The Hall–Kier alpha value is -1.35. The number of carboxylic acid groups (broad SMARTS) is 1. The number of benzene rings is 1. The molecule has 3 nitrogen and oxygen atoms in total. The summed E-state index contributed by atoms with van der Waals surface area (Å²) < 4.78 is 0. The van der Waals surface area contributed by atoms with Crippen molar-refractivity contribution in [2.75, 3.05) is 0 Å². The minimum atomic E-state index is -0.833. The first kappa shape index (κ1) is 14.6. The van der Waals surface area contributed by atoms with Gasteiger partial charge in [-0.05, 0) is 11.0 Å². The first-order valence-corrected chi connectivity index (χ1v) is 5.17. The molecule has 0 radical (unpaired) electrons. The van der Waals surface area contributed by atoms with Crippen molar-refractivity contribution in [1.82, 2.24) is 0 Å². The second-order valence-electron chi connectivity index (χ2n) is 4.70. The minimum Gasteiger partial charge on any atom is -0.481 e. The highest BCUT2D eigenvalue weighted by atomic mass is 16.4. The van der Waals surface area contributed by atoms with E-state index >= 15 is 0 Å². The van der Waals surface area contributed by atoms with Crippen molar-refractivity contribution < 1.29 is 15.0 Å². The molecule has 0 aliphatic carbocycles. The number of carboxylic acids is 1. The van der Waals surface area contributed by atoms with Gasteiger partial charge in [0.05, 0.1) is 6.10 Å². The normalized spacial score (nSPS) is 12.3. The Balaban J connectivity index is 0.000000487. The minimum absolute atomic E-state index is 0.0820. The van der Waals surface area contributed by atoms with Gasteiger partial charge in [0.1, 0.15) is 0 Å². The molecule has 16 heavy (non-hydrogen) atoms. The summed E-state index contributed by atoms with van der Waals surface area (Å²) in [5, 5.41) is 17.3. The quantitative estimate of drug-likeness (QED) is 0.771. The van der Waals surface area contributed by atoms with E-state index in [4.69, 9.17) is 9.90 Å². The Labute approximate surface area is 96.7 Å². The van der Waals surface area contributed by atoms with Crippen LogP contribution in [0.3, 0.4) is 0 Å². The maximum atomic E-state index is 9.86. The molecular weight excluding hydrogens is 204 g/mol. The molecule has 0 saturated heterocycles. The molecule has 0 spiro atoms. The number of aliphatic carboxylic acids is 1. The van der Waals surface area contributed by atoms with Crippen LogP contribution in [-0.2, 0) is 4.79 Å². The monoisotopic (exact) mass is 224 g/mol. The molecule has 90 valence electrons. The third-order valence-electron chi connectivity index (χ3n) is 1.94. The molecule has 1 rings (SSSR count). The number of rotatable bonds is 1. The van der Waals surface area contributed by atoms with Crippen molar-refractivity contribution >= 4 is 5.97 Å². The van der Waals surface area contributed by atoms with E-state index in [0.29, 0.717) is 0 Å². The van der Waals surface area contributed by atoms with Gasteiger partial charge in [-0.3, -0.25) is 4.79 Å². The highest BCUT2D eigenvalue weighted by Gasteiger charge is 2.22. The average molecular weight is 224 g/mol. The third kappa shape index (κ3) is 6.19. The van der Waals surface area contributed by atoms with Gasteiger partial charge >= 0.3 is 0 Å². The Kier molecular flexibility index (Phi) is 5.75. The topological polar surface area (TPSA) is 57.5 Å². The van der Waals surface area contributed by atoms with Gasteiger partial charge in [-0.15, -0.1) is 0 Å². The maximum Gasteiger partial charge on any atom is 0.300 e. The van der Waals surface area contributed by atoms with Crippen LogP contribution in [0.1, 0.15) is 39.4 Å². The van der Waals surface area contributed by atoms with E-state index in [2.05, 4.69) is 0 Å². The van der Waals surface area contributed by atoms with E-state index in [1.807, 2.05) is 51.1 Å². The number of aliphatic hydroxyl groups is 1. The van der Waals surface area contributed by atoms with Crippen LogP contribution in [0.25, 0.3) is 0 Å². The number of hydrogen-bond donors (Lipinski definition) is 2. The van der Waals surface area contributed by atoms with Crippen molar-refractivity contribution in [2.45, 2.75) is 33.8 Å². The van der Waals surface area contributed by atoms with Crippen molar-refractivity contribution in [1.29, 1.82) is 0 Å². The zero-order valence-corrected chi connectivity index (χ0v) is 10.3. The molecule has 1 aromatic rings. The summed E-state index contributed by atoms with van der Waals surface area (Å²) in [7, 11) is 0. The molecule has 0 saturated carbocycles. The lowest BCUT2D eigenvalue weighted by atomic mass is 9.85. The van der Waals surface area contributed by atoms with E-state index in [-0.39, 0.29) is 11.5 Å². The van der Waals surface area contributed by atoms with Gasteiger partial charge in [0, 0.05) is 6.92 Å². The van der Waals surface area contributed by atoms with E-state index < -0.39 is 5.97 Å². The van der Waals surface area contributed by atoms with Crippen LogP contribution in [-0.4, -0.2) is 16.2 Å². The van der Waals surface area contributed by atoms with E-state index in [9.17, 15) is 5.11 Å². The lowest BCUT2D eigenvalue weighted by molar-refractivity contribution is -0.134. The standard InChI is InChI=1S/C11H16O.C2H4O2/c1-11(2,3)10(12)9-7-5-4-6-8-9;1-2(3)4/h4-8,10,12H,1-3H3;1H3,(H,3,4). The summed E-state index contributed by atoms with van der Waals surface area (Å²) in [6.45, 7) is 7.18. The number of hydrogen-bond acceptors (Lipinski definition) is 2. The number of carbonyl (C=O) groups is 1. The van der Waals surface area contributed by atoms with Crippen LogP contribution < -0.4 is 0 Å². The summed E-state index contributed by atoms with van der Waals surface area (Å²) in [6, 6.07) is 9.76. The fourth-order valence-corrected chi connectivity index (χ4v) is 1.14. The van der Waals surface area contributed by atoms with Crippen molar-refractivity contribution in [3.63, 3.8) is 0 Å².